The Balaban J connectivity index is 2.39. The van der Waals surface area contributed by atoms with Crippen LogP contribution in [0, 0.1) is 0 Å². The first kappa shape index (κ1) is 15.3. The Morgan fingerprint density at radius 3 is 2.74 bits per heavy atom. The number of ether oxygens (including phenoxy) is 3. The standard InChI is InChI=1S/C13H20N2O4/c1-3-18-6-7-19-9-13(16)15-11-5-4-10(14)8-12(11)17-2/h4-5,8H,3,6-7,9,14H2,1-2H3,(H,15,16). The van der Waals surface area contributed by atoms with Crippen LogP contribution in [0.15, 0.2) is 18.2 Å². The van der Waals surface area contributed by atoms with Crippen LogP contribution in [-0.4, -0.2) is 39.4 Å². The van der Waals surface area contributed by atoms with Gasteiger partial charge < -0.3 is 25.3 Å². The maximum atomic E-state index is 11.6. The van der Waals surface area contributed by atoms with Gasteiger partial charge in [-0.15, -0.1) is 0 Å². The van der Waals surface area contributed by atoms with E-state index in [1.54, 1.807) is 18.2 Å². The van der Waals surface area contributed by atoms with Gasteiger partial charge in [-0.05, 0) is 19.1 Å². The number of anilines is 2. The van der Waals surface area contributed by atoms with Crippen molar-refractivity contribution in [3.05, 3.63) is 18.2 Å². The number of hydrogen-bond donors (Lipinski definition) is 2. The van der Waals surface area contributed by atoms with Gasteiger partial charge in [0.2, 0.25) is 5.91 Å². The van der Waals surface area contributed by atoms with E-state index in [0.717, 1.165) is 0 Å². The molecule has 0 atom stereocenters. The van der Waals surface area contributed by atoms with Crippen LogP contribution in [0.1, 0.15) is 6.92 Å². The van der Waals surface area contributed by atoms with Gasteiger partial charge in [0.05, 0.1) is 26.0 Å². The zero-order valence-electron chi connectivity index (χ0n) is 11.3. The molecule has 19 heavy (non-hydrogen) atoms. The Morgan fingerprint density at radius 1 is 1.32 bits per heavy atom. The molecule has 106 valence electrons. The van der Waals surface area contributed by atoms with Crippen molar-refractivity contribution in [2.24, 2.45) is 0 Å². The number of carbonyl (C=O) groups is 1. The lowest BCUT2D eigenvalue weighted by Gasteiger charge is -2.11. The van der Waals surface area contributed by atoms with E-state index in [4.69, 9.17) is 19.9 Å². The highest BCUT2D eigenvalue weighted by atomic mass is 16.5. The summed E-state index contributed by atoms with van der Waals surface area (Å²) < 4.78 is 15.4. The summed E-state index contributed by atoms with van der Waals surface area (Å²) in [5.41, 5.74) is 6.77. The minimum Gasteiger partial charge on any atom is -0.494 e. The van der Waals surface area contributed by atoms with Gasteiger partial charge in [-0.3, -0.25) is 4.79 Å². The molecule has 1 aromatic rings. The molecule has 0 aromatic heterocycles. The molecule has 0 aliphatic heterocycles. The van der Waals surface area contributed by atoms with Gasteiger partial charge in [-0.1, -0.05) is 0 Å². The van der Waals surface area contributed by atoms with Crippen LogP contribution < -0.4 is 15.8 Å². The molecule has 0 bridgehead atoms. The average Bonchev–Trinajstić information content (AvgIpc) is 2.40. The van der Waals surface area contributed by atoms with Gasteiger partial charge in [0.1, 0.15) is 12.4 Å². The zero-order valence-corrected chi connectivity index (χ0v) is 11.3. The summed E-state index contributed by atoms with van der Waals surface area (Å²) in [5.74, 6) is 0.266. The van der Waals surface area contributed by atoms with Crippen LogP contribution in [0.5, 0.6) is 5.75 Å². The molecule has 0 aliphatic carbocycles. The number of hydrogen-bond acceptors (Lipinski definition) is 5. The van der Waals surface area contributed by atoms with Crippen LogP contribution >= 0.6 is 0 Å². The highest BCUT2D eigenvalue weighted by molar-refractivity contribution is 5.93. The van der Waals surface area contributed by atoms with E-state index < -0.39 is 0 Å². The van der Waals surface area contributed by atoms with Crippen LogP contribution in [0.3, 0.4) is 0 Å². The molecule has 0 saturated carbocycles. The highest BCUT2D eigenvalue weighted by Crippen LogP contribution is 2.26. The van der Waals surface area contributed by atoms with Crippen molar-refractivity contribution >= 4 is 17.3 Å². The first-order valence-electron chi connectivity index (χ1n) is 6.06. The minimum atomic E-state index is -0.250. The molecule has 3 N–H and O–H groups in total. The maximum absolute atomic E-state index is 11.6. The van der Waals surface area contributed by atoms with Gasteiger partial charge in [0.15, 0.2) is 0 Å². The lowest BCUT2D eigenvalue weighted by Crippen LogP contribution is -2.20. The van der Waals surface area contributed by atoms with Crippen molar-refractivity contribution in [1.29, 1.82) is 0 Å². The van der Waals surface area contributed by atoms with E-state index in [9.17, 15) is 4.79 Å². The van der Waals surface area contributed by atoms with Crippen molar-refractivity contribution in [2.75, 3.05) is 44.6 Å². The van der Waals surface area contributed by atoms with Crippen LogP contribution in [0.2, 0.25) is 0 Å². The van der Waals surface area contributed by atoms with E-state index >= 15 is 0 Å². The molecule has 6 nitrogen and oxygen atoms in total. The number of carbonyl (C=O) groups excluding carboxylic acids is 1. The maximum Gasteiger partial charge on any atom is 0.250 e. The fourth-order valence-corrected chi connectivity index (χ4v) is 1.42. The van der Waals surface area contributed by atoms with Gasteiger partial charge in [-0.2, -0.15) is 0 Å². The third-order valence-electron chi connectivity index (χ3n) is 2.31. The summed E-state index contributed by atoms with van der Waals surface area (Å²) in [5, 5.41) is 2.69. The molecular formula is C13H20N2O4. The molecule has 0 spiro atoms. The molecule has 0 saturated heterocycles. The van der Waals surface area contributed by atoms with Crippen molar-refractivity contribution in [2.45, 2.75) is 6.92 Å². The van der Waals surface area contributed by atoms with Crippen LogP contribution in [0.25, 0.3) is 0 Å². The second kappa shape index (κ2) is 8.34. The Kier molecular flexibility index (Phi) is 6.70. The molecule has 0 radical (unpaired) electrons. The van der Waals surface area contributed by atoms with Gasteiger partial charge >= 0.3 is 0 Å². The first-order valence-corrected chi connectivity index (χ1v) is 6.06. The Labute approximate surface area is 112 Å². The topological polar surface area (TPSA) is 82.8 Å². The quantitative estimate of drug-likeness (QED) is 0.548. The second-order valence-corrected chi connectivity index (χ2v) is 3.76. The van der Waals surface area contributed by atoms with E-state index in [-0.39, 0.29) is 12.5 Å². The molecule has 0 heterocycles. The lowest BCUT2D eigenvalue weighted by atomic mass is 10.2. The van der Waals surface area contributed by atoms with E-state index in [2.05, 4.69) is 5.32 Å². The molecule has 0 unspecified atom stereocenters. The zero-order chi connectivity index (χ0) is 14.1. The summed E-state index contributed by atoms with van der Waals surface area (Å²) in [6.45, 7) is 3.38. The van der Waals surface area contributed by atoms with Gasteiger partial charge in [0, 0.05) is 18.4 Å². The van der Waals surface area contributed by atoms with E-state index in [1.165, 1.54) is 7.11 Å². The van der Waals surface area contributed by atoms with E-state index in [0.29, 0.717) is 36.9 Å². The summed E-state index contributed by atoms with van der Waals surface area (Å²) in [6, 6.07) is 5.02. The largest absolute Gasteiger partial charge is 0.494 e. The normalized spacial score (nSPS) is 10.2. The summed E-state index contributed by atoms with van der Waals surface area (Å²) in [7, 11) is 1.52. The molecule has 6 heteroatoms. The Bertz CT molecular complexity index is 410. The Morgan fingerprint density at radius 2 is 2.05 bits per heavy atom. The number of nitrogens with two attached hydrogens (primary N) is 1. The lowest BCUT2D eigenvalue weighted by molar-refractivity contribution is -0.121. The molecular weight excluding hydrogens is 248 g/mol. The fourth-order valence-electron chi connectivity index (χ4n) is 1.42. The Hall–Kier alpha value is -1.79. The van der Waals surface area contributed by atoms with E-state index in [1.807, 2.05) is 6.92 Å². The molecule has 0 fully saturated rings. The first-order chi connectivity index (χ1) is 9.17. The number of benzene rings is 1. The summed E-state index contributed by atoms with van der Waals surface area (Å²) in [4.78, 5) is 11.6. The molecule has 0 aliphatic rings. The van der Waals surface area contributed by atoms with Gasteiger partial charge in [0.25, 0.3) is 0 Å². The SMILES string of the molecule is CCOCCOCC(=O)Nc1ccc(N)cc1OC. The van der Waals surface area contributed by atoms with Crippen molar-refractivity contribution in [1.82, 2.24) is 0 Å². The molecule has 1 rings (SSSR count). The number of nitrogens with one attached hydrogen (secondary N) is 1. The monoisotopic (exact) mass is 268 g/mol. The summed E-state index contributed by atoms with van der Waals surface area (Å²) in [6.07, 6.45) is 0. The average molecular weight is 268 g/mol. The third-order valence-corrected chi connectivity index (χ3v) is 2.31. The van der Waals surface area contributed by atoms with Crippen molar-refractivity contribution in [3.63, 3.8) is 0 Å². The van der Waals surface area contributed by atoms with Crippen LogP contribution in [-0.2, 0) is 14.3 Å². The van der Waals surface area contributed by atoms with Gasteiger partial charge in [-0.25, -0.2) is 0 Å². The minimum absolute atomic E-state index is 0.0272. The van der Waals surface area contributed by atoms with Crippen LogP contribution in [0.4, 0.5) is 11.4 Å². The highest BCUT2D eigenvalue weighted by Gasteiger charge is 2.07. The van der Waals surface area contributed by atoms with Crippen molar-refractivity contribution < 1.29 is 19.0 Å². The predicted octanol–water partition coefficient (Wildman–Crippen LogP) is 1.27. The number of nitrogen functional groups attached to an aromatic ring is 1. The number of methoxy groups -OCH3 is 1. The predicted molar refractivity (Wildman–Crippen MR) is 73.3 cm³/mol. The number of amides is 1. The second-order valence-electron chi connectivity index (χ2n) is 3.76. The fraction of sp³-hybridized carbons (Fsp3) is 0.462. The smallest absolute Gasteiger partial charge is 0.250 e. The van der Waals surface area contributed by atoms with Crippen molar-refractivity contribution in [3.8, 4) is 5.75 Å². The number of rotatable bonds is 8. The third kappa shape index (κ3) is 5.58. The molecule has 1 aromatic carbocycles. The molecule has 1 amide bonds. The summed E-state index contributed by atoms with van der Waals surface area (Å²) >= 11 is 0.